The van der Waals surface area contributed by atoms with Gasteiger partial charge in [-0.05, 0) is 6.07 Å². The van der Waals surface area contributed by atoms with E-state index in [1.165, 1.54) is 23.8 Å². The maximum Gasteiger partial charge on any atom is 0.251 e. The van der Waals surface area contributed by atoms with Crippen LogP contribution in [0.2, 0.25) is 0 Å². The summed E-state index contributed by atoms with van der Waals surface area (Å²) >= 11 is 1.97. The number of amides is 1. The third-order valence-corrected chi connectivity index (χ3v) is 3.80. The molecule has 0 saturated carbocycles. The highest BCUT2D eigenvalue weighted by Gasteiger charge is 2.10. The van der Waals surface area contributed by atoms with E-state index in [-0.39, 0.29) is 11.5 Å². The van der Waals surface area contributed by atoms with Crippen molar-refractivity contribution in [1.29, 1.82) is 0 Å². The van der Waals surface area contributed by atoms with Crippen LogP contribution in [0, 0.1) is 0 Å². The Bertz CT molecular complexity index is 455. The molecule has 0 unspecified atom stereocenters. The molecule has 0 atom stereocenters. The van der Waals surface area contributed by atoms with Crippen molar-refractivity contribution in [3.8, 4) is 0 Å². The first-order valence-electron chi connectivity index (χ1n) is 6.03. The van der Waals surface area contributed by atoms with Crippen LogP contribution < -0.4 is 10.9 Å². The summed E-state index contributed by atoms with van der Waals surface area (Å²) in [6.45, 7) is 3.67. The van der Waals surface area contributed by atoms with Crippen LogP contribution in [0.5, 0.6) is 0 Å². The predicted molar refractivity (Wildman–Crippen MR) is 73.2 cm³/mol. The van der Waals surface area contributed by atoms with Crippen molar-refractivity contribution >= 4 is 17.7 Å². The second-order valence-electron chi connectivity index (χ2n) is 4.15. The number of carbonyl (C=O) groups excluding carboxylic acids is 1. The Morgan fingerprint density at radius 1 is 1.44 bits per heavy atom. The second-order valence-corrected chi connectivity index (χ2v) is 5.38. The second kappa shape index (κ2) is 6.61. The number of nitrogens with one attached hydrogen (secondary N) is 2. The van der Waals surface area contributed by atoms with Gasteiger partial charge in [-0.1, -0.05) is 0 Å². The summed E-state index contributed by atoms with van der Waals surface area (Å²) in [5.41, 5.74) is 0.156. The lowest BCUT2D eigenvalue weighted by atomic mass is 10.2. The molecule has 1 fully saturated rings. The minimum Gasteiger partial charge on any atom is -0.351 e. The van der Waals surface area contributed by atoms with Gasteiger partial charge in [-0.15, -0.1) is 0 Å². The number of pyridine rings is 1. The summed E-state index contributed by atoms with van der Waals surface area (Å²) in [7, 11) is 0. The molecule has 0 bridgehead atoms. The highest BCUT2D eigenvalue weighted by Crippen LogP contribution is 2.07. The molecule has 0 aliphatic carbocycles. The van der Waals surface area contributed by atoms with Gasteiger partial charge in [0, 0.05) is 55.5 Å². The van der Waals surface area contributed by atoms with E-state index in [0.717, 1.165) is 19.6 Å². The van der Waals surface area contributed by atoms with Crippen LogP contribution in [0.1, 0.15) is 10.4 Å². The summed E-state index contributed by atoms with van der Waals surface area (Å²) in [6, 6.07) is 2.92. The molecule has 1 aromatic rings. The van der Waals surface area contributed by atoms with E-state index in [0.29, 0.717) is 12.1 Å². The molecule has 98 valence electrons. The van der Waals surface area contributed by atoms with Gasteiger partial charge in [-0.3, -0.25) is 14.5 Å². The van der Waals surface area contributed by atoms with E-state index in [2.05, 4.69) is 15.2 Å². The number of carbonyl (C=O) groups is 1. The predicted octanol–water partition coefficient (Wildman–Crippen LogP) is 0.154. The molecule has 2 rings (SSSR count). The quantitative estimate of drug-likeness (QED) is 0.815. The highest BCUT2D eigenvalue weighted by atomic mass is 32.2. The summed E-state index contributed by atoms with van der Waals surface area (Å²) in [6.07, 6.45) is 1.49. The zero-order valence-electron chi connectivity index (χ0n) is 10.1. The zero-order valence-corrected chi connectivity index (χ0v) is 11.0. The van der Waals surface area contributed by atoms with E-state index in [4.69, 9.17) is 0 Å². The van der Waals surface area contributed by atoms with E-state index in [1.807, 2.05) is 11.8 Å². The molecule has 1 saturated heterocycles. The lowest BCUT2D eigenvalue weighted by Crippen LogP contribution is -2.39. The van der Waals surface area contributed by atoms with Gasteiger partial charge in [-0.25, -0.2) is 0 Å². The molecule has 1 aliphatic heterocycles. The number of H-pyrrole nitrogens is 1. The normalized spacial score (nSPS) is 16.4. The molecule has 1 aromatic heterocycles. The Hall–Kier alpha value is -1.27. The van der Waals surface area contributed by atoms with E-state index < -0.39 is 0 Å². The molecule has 0 spiro atoms. The monoisotopic (exact) mass is 267 g/mol. The van der Waals surface area contributed by atoms with E-state index in [9.17, 15) is 9.59 Å². The molecule has 1 amide bonds. The van der Waals surface area contributed by atoms with Crippen molar-refractivity contribution in [2.75, 3.05) is 37.7 Å². The fraction of sp³-hybridized carbons (Fsp3) is 0.500. The van der Waals surface area contributed by atoms with Crippen LogP contribution in [0.25, 0.3) is 0 Å². The SMILES string of the molecule is O=C(NCCN1CCSCC1)c1cc[nH]c(=O)c1. The molecule has 6 heteroatoms. The van der Waals surface area contributed by atoms with Gasteiger partial charge in [0.25, 0.3) is 5.91 Å². The van der Waals surface area contributed by atoms with E-state index in [1.54, 1.807) is 6.07 Å². The third-order valence-electron chi connectivity index (χ3n) is 2.85. The van der Waals surface area contributed by atoms with Gasteiger partial charge in [-0.2, -0.15) is 11.8 Å². The molecule has 0 aromatic carbocycles. The smallest absolute Gasteiger partial charge is 0.251 e. The Morgan fingerprint density at radius 3 is 2.94 bits per heavy atom. The third kappa shape index (κ3) is 3.89. The van der Waals surface area contributed by atoms with Crippen molar-refractivity contribution < 1.29 is 4.79 Å². The number of hydrogen-bond acceptors (Lipinski definition) is 4. The van der Waals surface area contributed by atoms with Crippen LogP contribution in [-0.2, 0) is 0 Å². The summed E-state index contributed by atoms with van der Waals surface area (Å²) in [5.74, 6) is 2.15. The Morgan fingerprint density at radius 2 is 2.22 bits per heavy atom. The number of rotatable bonds is 4. The molecular formula is C12H17N3O2S. The standard InChI is InChI=1S/C12H17N3O2S/c16-11-9-10(1-2-13-11)12(17)14-3-4-15-5-7-18-8-6-15/h1-2,9H,3-8H2,(H,13,16)(H,14,17). The van der Waals surface area contributed by atoms with Gasteiger partial charge >= 0.3 is 0 Å². The van der Waals surface area contributed by atoms with Crippen molar-refractivity contribution in [1.82, 2.24) is 15.2 Å². The first kappa shape index (κ1) is 13.2. The van der Waals surface area contributed by atoms with Crippen LogP contribution in [-0.4, -0.2) is 53.5 Å². The number of hydrogen-bond donors (Lipinski definition) is 2. The fourth-order valence-corrected chi connectivity index (χ4v) is 2.82. The lowest BCUT2D eigenvalue weighted by Gasteiger charge is -2.25. The first-order valence-corrected chi connectivity index (χ1v) is 7.18. The molecule has 2 heterocycles. The summed E-state index contributed by atoms with van der Waals surface area (Å²) < 4.78 is 0. The minimum atomic E-state index is -0.254. The maximum absolute atomic E-state index is 11.8. The number of aromatic nitrogens is 1. The Labute approximate surface area is 110 Å². The molecular weight excluding hydrogens is 250 g/mol. The van der Waals surface area contributed by atoms with Crippen molar-refractivity contribution in [2.24, 2.45) is 0 Å². The molecule has 1 aliphatic rings. The highest BCUT2D eigenvalue weighted by molar-refractivity contribution is 7.99. The largest absolute Gasteiger partial charge is 0.351 e. The minimum absolute atomic E-state index is 0.188. The fourth-order valence-electron chi connectivity index (χ4n) is 1.84. The van der Waals surface area contributed by atoms with Gasteiger partial charge in [0.15, 0.2) is 0 Å². The van der Waals surface area contributed by atoms with Crippen LogP contribution in [0.3, 0.4) is 0 Å². The Kier molecular flexibility index (Phi) is 4.83. The molecule has 5 nitrogen and oxygen atoms in total. The maximum atomic E-state index is 11.8. The molecule has 0 radical (unpaired) electrons. The lowest BCUT2D eigenvalue weighted by molar-refractivity contribution is 0.0948. The summed E-state index contributed by atoms with van der Waals surface area (Å²) in [4.78, 5) is 27.7. The van der Waals surface area contributed by atoms with Crippen molar-refractivity contribution in [2.45, 2.75) is 0 Å². The summed E-state index contributed by atoms with van der Waals surface area (Å²) in [5, 5.41) is 2.83. The number of aromatic amines is 1. The first-order chi connectivity index (χ1) is 8.75. The van der Waals surface area contributed by atoms with Gasteiger partial charge in [0.1, 0.15) is 0 Å². The topological polar surface area (TPSA) is 65.2 Å². The Balaban J connectivity index is 1.76. The van der Waals surface area contributed by atoms with Crippen LogP contribution >= 0.6 is 11.8 Å². The van der Waals surface area contributed by atoms with Gasteiger partial charge < -0.3 is 10.3 Å². The molecule has 18 heavy (non-hydrogen) atoms. The number of thioether (sulfide) groups is 1. The van der Waals surface area contributed by atoms with Crippen LogP contribution in [0.15, 0.2) is 23.1 Å². The van der Waals surface area contributed by atoms with Gasteiger partial charge in [0.05, 0.1) is 0 Å². The number of nitrogens with zero attached hydrogens (tertiary/aromatic N) is 1. The van der Waals surface area contributed by atoms with Crippen molar-refractivity contribution in [3.05, 3.63) is 34.2 Å². The average Bonchev–Trinajstić information content (AvgIpc) is 2.40. The van der Waals surface area contributed by atoms with Gasteiger partial charge in [0.2, 0.25) is 5.56 Å². The van der Waals surface area contributed by atoms with Crippen molar-refractivity contribution in [3.63, 3.8) is 0 Å². The van der Waals surface area contributed by atoms with E-state index >= 15 is 0 Å². The molecule has 2 N–H and O–H groups in total. The average molecular weight is 267 g/mol. The zero-order chi connectivity index (χ0) is 12.8. The van der Waals surface area contributed by atoms with Crippen LogP contribution in [0.4, 0.5) is 0 Å².